The van der Waals surface area contributed by atoms with Gasteiger partial charge in [0.25, 0.3) is 0 Å². The number of rotatable bonds is 3. The van der Waals surface area contributed by atoms with E-state index < -0.39 is 0 Å². The van der Waals surface area contributed by atoms with Crippen LogP contribution in [0.25, 0.3) is 0 Å². The summed E-state index contributed by atoms with van der Waals surface area (Å²) < 4.78 is 10.7. The molecule has 1 heterocycles. The lowest BCUT2D eigenvalue weighted by atomic mass is 9.96. The minimum Gasteiger partial charge on any atom is -0.493 e. The molecule has 0 N–H and O–H groups in total. The number of nitrogens with zero attached hydrogens (tertiary/aromatic N) is 2. The van der Waals surface area contributed by atoms with Crippen LogP contribution in [0.4, 0.5) is 5.69 Å². The second kappa shape index (κ2) is 5.71. The van der Waals surface area contributed by atoms with Gasteiger partial charge in [0, 0.05) is 25.6 Å². The predicted molar refractivity (Wildman–Crippen MR) is 78.8 cm³/mol. The fourth-order valence-corrected chi connectivity index (χ4v) is 2.60. The van der Waals surface area contributed by atoms with E-state index in [4.69, 9.17) is 9.47 Å². The minimum atomic E-state index is 0.0463. The first-order chi connectivity index (χ1) is 9.47. The molecule has 1 atom stereocenters. The van der Waals surface area contributed by atoms with E-state index in [9.17, 15) is 4.79 Å². The van der Waals surface area contributed by atoms with E-state index in [1.165, 1.54) is 0 Å². The van der Waals surface area contributed by atoms with Crippen LogP contribution in [-0.4, -0.2) is 51.7 Å². The summed E-state index contributed by atoms with van der Waals surface area (Å²) in [5, 5.41) is 0. The molecule has 0 fully saturated rings. The second-order valence-electron chi connectivity index (χ2n) is 5.29. The van der Waals surface area contributed by atoms with Gasteiger partial charge >= 0.3 is 0 Å². The van der Waals surface area contributed by atoms with Crippen LogP contribution in [0.5, 0.6) is 11.5 Å². The van der Waals surface area contributed by atoms with Gasteiger partial charge in [0.05, 0.1) is 19.9 Å². The smallest absolute Gasteiger partial charge is 0.223 e. The van der Waals surface area contributed by atoms with Gasteiger partial charge in [-0.2, -0.15) is 0 Å². The van der Waals surface area contributed by atoms with Gasteiger partial charge in [-0.25, -0.2) is 0 Å². The molecule has 0 radical (unpaired) electrons. The van der Waals surface area contributed by atoms with Crippen molar-refractivity contribution in [1.82, 2.24) is 4.90 Å². The predicted octanol–water partition coefficient (Wildman–Crippen LogP) is 1.54. The summed E-state index contributed by atoms with van der Waals surface area (Å²) in [6.07, 6.45) is 0.895. The quantitative estimate of drug-likeness (QED) is 0.841. The standard InChI is InChI=1S/C15H22N2O3/c1-10(18)17-9-12(16(2)3)6-11-7-14(19-4)15(20-5)8-13(11)17/h7-8,12H,6,9H2,1-5H3. The largest absolute Gasteiger partial charge is 0.493 e. The van der Waals surface area contributed by atoms with E-state index in [0.717, 1.165) is 17.7 Å². The Morgan fingerprint density at radius 3 is 2.35 bits per heavy atom. The number of methoxy groups -OCH3 is 2. The molecule has 1 aromatic rings. The molecule has 2 rings (SSSR count). The van der Waals surface area contributed by atoms with Gasteiger partial charge < -0.3 is 19.3 Å². The van der Waals surface area contributed by atoms with Crippen molar-refractivity contribution < 1.29 is 14.3 Å². The van der Waals surface area contributed by atoms with Gasteiger partial charge in [-0.05, 0) is 32.1 Å². The maximum atomic E-state index is 11.9. The fraction of sp³-hybridized carbons (Fsp3) is 0.533. The number of carbonyl (C=O) groups is 1. The van der Waals surface area contributed by atoms with E-state index in [2.05, 4.69) is 4.90 Å². The van der Waals surface area contributed by atoms with Gasteiger partial charge in [-0.15, -0.1) is 0 Å². The number of anilines is 1. The van der Waals surface area contributed by atoms with Crippen molar-refractivity contribution in [2.45, 2.75) is 19.4 Å². The Balaban J connectivity index is 2.50. The molecule has 0 aromatic heterocycles. The zero-order valence-corrected chi connectivity index (χ0v) is 12.8. The molecular formula is C15H22N2O3. The summed E-state index contributed by atoms with van der Waals surface area (Å²) in [4.78, 5) is 15.9. The molecule has 0 saturated carbocycles. The number of benzene rings is 1. The number of carbonyl (C=O) groups excluding carboxylic acids is 1. The SMILES string of the molecule is COc1cc2c(cc1OC)N(C(C)=O)CC(N(C)C)C2. The maximum absolute atomic E-state index is 11.9. The summed E-state index contributed by atoms with van der Waals surface area (Å²) in [5.41, 5.74) is 2.04. The molecular weight excluding hydrogens is 256 g/mol. The number of hydrogen-bond acceptors (Lipinski definition) is 4. The van der Waals surface area contributed by atoms with E-state index in [0.29, 0.717) is 24.1 Å². The van der Waals surface area contributed by atoms with Crippen LogP contribution in [0.15, 0.2) is 12.1 Å². The Hall–Kier alpha value is -1.75. The van der Waals surface area contributed by atoms with E-state index in [1.807, 2.05) is 31.1 Å². The third kappa shape index (κ3) is 2.58. The molecule has 20 heavy (non-hydrogen) atoms. The van der Waals surface area contributed by atoms with E-state index in [1.54, 1.807) is 21.1 Å². The van der Waals surface area contributed by atoms with Crippen LogP contribution < -0.4 is 14.4 Å². The topological polar surface area (TPSA) is 42.0 Å². The molecule has 0 bridgehead atoms. The third-order valence-corrected chi connectivity index (χ3v) is 3.83. The summed E-state index contributed by atoms with van der Waals surface area (Å²) in [5.74, 6) is 1.40. The molecule has 1 amide bonds. The van der Waals surface area contributed by atoms with Crippen LogP contribution in [0.2, 0.25) is 0 Å². The molecule has 0 saturated heterocycles. The van der Waals surface area contributed by atoms with Crippen molar-refractivity contribution >= 4 is 11.6 Å². The van der Waals surface area contributed by atoms with Crippen LogP contribution in [0, 0.1) is 0 Å². The monoisotopic (exact) mass is 278 g/mol. The second-order valence-corrected chi connectivity index (χ2v) is 5.29. The number of ether oxygens (including phenoxy) is 2. The zero-order valence-electron chi connectivity index (χ0n) is 12.8. The van der Waals surface area contributed by atoms with Crippen molar-refractivity contribution in [3.63, 3.8) is 0 Å². The van der Waals surface area contributed by atoms with Crippen LogP contribution in [-0.2, 0) is 11.2 Å². The van der Waals surface area contributed by atoms with Crippen molar-refractivity contribution in [3.8, 4) is 11.5 Å². The lowest BCUT2D eigenvalue weighted by molar-refractivity contribution is -0.116. The molecule has 0 spiro atoms. The first-order valence-electron chi connectivity index (χ1n) is 6.67. The Morgan fingerprint density at radius 1 is 1.25 bits per heavy atom. The number of amides is 1. The Labute approximate surface area is 120 Å². The highest BCUT2D eigenvalue weighted by Gasteiger charge is 2.29. The normalized spacial score (nSPS) is 17.9. The molecule has 5 nitrogen and oxygen atoms in total. The number of fused-ring (bicyclic) bond motifs is 1. The summed E-state index contributed by atoms with van der Waals surface area (Å²) in [6, 6.07) is 4.17. The fourth-order valence-electron chi connectivity index (χ4n) is 2.60. The van der Waals surface area contributed by atoms with Crippen molar-refractivity contribution in [3.05, 3.63) is 17.7 Å². The molecule has 0 aliphatic carbocycles. The van der Waals surface area contributed by atoms with Gasteiger partial charge in [-0.3, -0.25) is 4.79 Å². The maximum Gasteiger partial charge on any atom is 0.223 e. The third-order valence-electron chi connectivity index (χ3n) is 3.83. The van der Waals surface area contributed by atoms with Crippen LogP contribution >= 0.6 is 0 Å². The Kier molecular flexibility index (Phi) is 4.18. The minimum absolute atomic E-state index is 0.0463. The first kappa shape index (κ1) is 14.7. The molecule has 1 aliphatic heterocycles. The van der Waals surface area contributed by atoms with Crippen molar-refractivity contribution in [2.75, 3.05) is 39.8 Å². The lowest BCUT2D eigenvalue weighted by Crippen LogP contribution is -2.47. The van der Waals surface area contributed by atoms with Gasteiger partial charge in [0.15, 0.2) is 11.5 Å². The molecule has 1 unspecified atom stereocenters. The summed E-state index contributed by atoms with van der Waals surface area (Å²) in [6.45, 7) is 2.29. The zero-order chi connectivity index (χ0) is 14.9. The van der Waals surface area contributed by atoms with Crippen LogP contribution in [0.1, 0.15) is 12.5 Å². The molecule has 110 valence electrons. The van der Waals surface area contributed by atoms with E-state index in [-0.39, 0.29) is 5.91 Å². The highest BCUT2D eigenvalue weighted by Crippen LogP contribution is 2.38. The first-order valence-corrected chi connectivity index (χ1v) is 6.67. The summed E-state index contributed by atoms with van der Waals surface area (Å²) in [7, 11) is 7.30. The number of likely N-dealkylation sites (N-methyl/N-ethyl adjacent to an activating group) is 1. The average molecular weight is 278 g/mol. The van der Waals surface area contributed by atoms with Crippen molar-refractivity contribution in [1.29, 1.82) is 0 Å². The van der Waals surface area contributed by atoms with Crippen LogP contribution in [0.3, 0.4) is 0 Å². The Bertz CT molecular complexity index is 514. The molecule has 5 heteroatoms. The van der Waals surface area contributed by atoms with Gasteiger partial charge in [0.2, 0.25) is 5.91 Å². The summed E-state index contributed by atoms with van der Waals surface area (Å²) >= 11 is 0. The number of hydrogen-bond donors (Lipinski definition) is 0. The van der Waals surface area contributed by atoms with E-state index >= 15 is 0 Å². The highest BCUT2D eigenvalue weighted by atomic mass is 16.5. The lowest BCUT2D eigenvalue weighted by Gasteiger charge is -2.37. The average Bonchev–Trinajstić information content (AvgIpc) is 2.43. The Morgan fingerprint density at radius 2 is 1.85 bits per heavy atom. The van der Waals surface area contributed by atoms with Crippen molar-refractivity contribution in [2.24, 2.45) is 0 Å². The molecule has 1 aromatic carbocycles. The van der Waals surface area contributed by atoms with Gasteiger partial charge in [-0.1, -0.05) is 0 Å². The molecule has 1 aliphatic rings. The van der Waals surface area contributed by atoms with Gasteiger partial charge in [0.1, 0.15) is 0 Å². The highest BCUT2D eigenvalue weighted by molar-refractivity contribution is 5.93.